The summed E-state index contributed by atoms with van der Waals surface area (Å²) in [6.07, 6.45) is 0.266. The van der Waals surface area contributed by atoms with Gasteiger partial charge in [-0.15, -0.1) is 0 Å². The van der Waals surface area contributed by atoms with Crippen molar-refractivity contribution in [1.82, 2.24) is 19.9 Å². The number of aromatic nitrogens is 3. The molecule has 1 heterocycles. The highest BCUT2D eigenvalue weighted by Gasteiger charge is 2.16. The zero-order valence-electron chi connectivity index (χ0n) is 13.8. The van der Waals surface area contributed by atoms with Crippen LogP contribution < -0.4 is 4.72 Å². The van der Waals surface area contributed by atoms with Gasteiger partial charge in [-0.05, 0) is 25.1 Å². The fourth-order valence-electron chi connectivity index (χ4n) is 2.27. The van der Waals surface area contributed by atoms with Gasteiger partial charge in [0, 0.05) is 18.5 Å². The number of hydrogen-bond acceptors (Lipinski definition) is 4. The molecule has 0 saturated heterocycles. The van der Waals surface area contributed by atoms with E-state index in [1.807, 2.05) is 31.2 Å². The lowest BCUT2D eigenvalue weighted by atomic mass is 10.1. The minimum absolute atomic E-state index is 0.0316. The van der Waals surface area contributed by atoms with Crippen molar-refractivity contribution in [3.63, 3.8) is 0 Å². The number of nitrogens with zero attached hydrogens (tertiary/aromatic N) is 2. The van der Waals surface area contributed by atoms with Crippen molar-refractivity contribution < 1.29 is 17.2 Å². The molecule has 26 heavy (non-hydrogen) atoms. The largest absolute Gasteiger partial charge is 0.263 e. The van der Waals surface area contributed by atoms with Gasteiger partial charge in [-0.25, -0.2) is 26.9 Å². The molecule has 2 aromatic carbocycles. The zero-order valence-corrected chi connectivity index (χ0v) is 14.6. The molecule has 0 atom stereocenters. The summed E-state index contributed by atoms with van der Waals surface area (Å²) in [5, 5.41) is 6.86. The van der Waals surface area contributed by atoms with Crippen LogP contribution in [-0.2, 0) is 16.4 Å². The van der Waals surface area contributed by atoms with Crippen LogP contribution in [0, 0.1) is 18.6 Å². The Kier molecular flexibility index (Phi) is 5.10. The fourth-order valence-corrected chi connectivity index (χ4v) is 3.31. The van der Waals surface area contributed by atoms with Gasteiger partial charge < -0.3 is 0 Å². The molecular weight excluding hydrogens is 362 g/mol. The number of H-pyrrole nitrogens is 1. The first-order valence-corrected chi connectivity index (χ1v) is 9.26. The van der Waals surface area contributed by atoms with Crippen LogP contribution in [0.4, 0.5) is 8.78 Å². The van der Waals surface area contributed by atoms with Crippen LogP contribution in [0.1, 0.15) is 11.4 Å². The Morgan fingerprint density at radius 1 is 1.08 bits per heavy atom. The van der Waals surface area contributed by atoms with Gasteiger partial charge in [-0.1, -0.05) is 29.8 Å². The van der Waals surface area contributed by atoms with E-state index in [1.165, 1.54) is 0 Å². The Morgan fingerprint density at radius 3 is 2.50 bits per heavy atom. The van der Waals surface area contributed by atoms with Crippen LogP contribution in [0.25, 0.3) is 11.4 Å². The molecule has 0 aliphatic carbocycles. The summed E-state index contributed by atoms with van der Waals surface area (Å²) < 4.78 is 52.6. The minimum Gasteiger partial charge on any atom is -0.263 e. The summed E-state index contributed by atoms with van der Waals surface area (Å²) in [7, 11) is -3.94. The molecule has 0 amide bonds. The molecule has 0 saturated carbocycles. The Balaban J connectivity index is 1.62. The second-order valence-electron chi connectivity index (χ2n) is 5.70. The summed E-state index contributed by atoms with van der Waals surface area (Å²) in [4.78, 5) is 3.98. The second-order valence-corrected chi connectivity index (χ2v) is 7.46. The molecule has 0 aliphatic rings. The van der Waals surface area contributed by atoms with Crippen LogP contribution in [0.15, 0.2) is 47.4 Å². The van der Waals surface area contributed by atoms with E-state index < -0.39 is 21.7 Å². The molecule has 3 aromatic rings. The van der Waals surface area contributed by atoms with Gasteiger partial charge >= 0.3 is 0 Å². The Hall–Kier alpha value is -2.65. The lowest BCUT2D eigenvalue weighted by Gasteiger charge is -2.06. The highest BCUT2D eigenvalue weighted by molar-refractivity contribution is 7.89. The van der Waals surface area contributed by atoms with Gasteiger partial charge in [-0.2, -0.15) is 5.10 Å². The number of hydrogen-bond donors (Lipinski definition) is 2. The van der Waals surface area contributed by atoms with Crippen molar-refractivity contribution in [2.24, 2.45) is 0 Å². The van der Waals surface area contributed by atoms with E-state index in [0.29, 0.717) is 17.7 Å². The Bertz CT molecular complexity index is 1020. The van der Waals surface area contributed by atoms with Gasteiger partial charge in [-0.3, -0.25) is 5.10 Å². The summed E-state index contributed by atoms with van der Waals surface area (Å²) in [5.74, 6) is -1.29. The Labute approximate surface area is 149 Å². The summed E-state index contributed by atoms with van der Waals surface area (Å²) in [5.41, 5.74) is 1.97. The molecule has 136 valence electrons. The predicted molar refractivity (Wildman–Crippen MR) is 91.8 cm³/mol. The fraction of sp³-hybridized carbons (Fsp3) is 0.176. The SMILES string of the molecule is Cc1ccc(-c2n[nH]c(CCNS(=O)(=O)c3ccc(F)c(F)c3)n2)cc1. The van der Waals surface area contributed by atoms with E-state index in [9.17, 15) is 17.2 Å². The highest BCUT2D eigenvalue weighted by Crippen LogP contribution is 2.16. The highest BCUT2D eigenvalue weighted by atomic mass is 32.2. The van der Waals surface area contributed by atoms with Crippen molar-refractivity contribution in [1.29, 1.82) is 0 Å². The maximum absolute atomic E-state index is 13.2. The third kappa shape index (κ3) is 4.12. The average Bonchev–Trinajstić information content (AvgIpc) is 3.06. The lowest BCUT2D eigenvalue weighted by molar-refractivity contribution is 0.504. The molecule has 9 heteroatoms. The third-order valence-electron chi connectivity index (χ3n) is 3.70. The molecule has 0 unspecified atom stereocenters. The summed E-state index contributed by atoms with van der Waals surface area (Å²) in [6, 6.07) is 10.1. The normalized spacial score (nSPS) is 11.7. The standard InChI is InChI=1S/C17H16F2N4O2S/c1-11-2-4-12(5-3-11)17-21-16(22-23-17)8-9-20-26(24,25)13-6-7-14(18)15(19)10-13/h2-7,10,20H,8-9H2,1H3,(H,21,22,23). The van der Waals surface area contributed by atoms with Gasteiger partial charge in [0.2, 0.25) is 10.0 Å². The predicted octanol–water partition coefficient (Wildman–Crippen LogP) is 2.58. The quantitative estimate of drug-likeness (QED) is 0.690. The van der Waals surface area contributed by atoms with Crippen LogP contribution in [0.3, 0.4) is 0 Å². The van der Waals surface area contributed by atoms with Crippen molar-refractivity contribution in [2.75, 3.05) is 6.54 Å². The minimum atomic E-state index is -3.94. The molecular formula is C17H16F2N4O2S. The molecule has 0 bridgehead atoms. The number of rotatable bonds is 6. The van der Waals surface area contributed by atoms with Crippen LogP contribution in [-0.4, -0.2) is 30.1 Å². The van der Waals surface area contributed by atoms with Crippen molar-refractivity contribution in [3.05, 3.63) is 65.5 Å². The molecule has 6 nitrogen and oxygen atoms in total. The molecule has 0 radical (unpaired) electrons. The third-order valence-corrected chi connectivity index (χ3v) is 5.16. The molecule has 2 N–H and O–H groups in total. The van der Waals surface area contributed by atoms with E-state index in [0.717, 1.165) is 23.3 Å². The first-order valence-electron chi connectivity index (χ1n) is 7.78. The van der Waals surface area contributed by atoms with E-state index in [-0.39, 0.29) is 17.9 Å². The van der Waals surface area contributed by atoms with Crippen molar-refractivity contribution in [2.45, 2.75) is 18.2 Å². The maximum Gasteiger partial charge on any atom is 0.240 e. The smallest absolute Gasteiger partial charge is 0.240 e. The van der Waals surface area contributed by atoms with E-state index in [2.05, 4.69) is 19.9 Å². The number of benzene rings is 2. The van der Waals surface area contributed by atoms with E-state index >= 15 is 0 Å². The Morgan fingerprint density at radius 2 is 1.81 bits per heavy atom. The molecule has 1 aromatic heterocycles. The first kappa shape index (κ1) is 18.2. The molecule has 0 fully saturated rings. The van der Waals surface area contributed by atoms with Gasteiger partial charge in [0.15, 0.2) is 17.5 Å². The van der Waals surface area contributed by atoms with Gasteiger partial charge in [0.25, 0.3) is 0 Å². The summed E-state index contributed by atoms with van der Waals surface area (Å²) in [6.45, 7) is 2.01. The van der Waals surface area contributed by atoms with Gasteiger partial charge in [0.05, 0.1) is 4.90 Å². The van der Waals surface area contributed by atoms with Crippen LogP contribution >= 0.6 is 0 Å². The van der Waals surface area contributed by atoms with E-state index in [1.54, 1.807) is 0 Å². The topological polar surface area (TPSA) is 87.7 Å². The molecule has 0 aliphatic heterocycles. The molecule has 3 rings (SSSR count). The monoisotopic (exact) mass is 378 g/mol. The van der Waals surface area contributed by atoms with Crippen LogP contribution in [0.2, 0.25) is 0 Å². The number of nitrogens with one attached hydrogen (secondary N) is 2. The molecule has 0 spiro atoms. The number of halogens is 2. The number of aromatic amines is 1. The van der Waals surface area contributed by atoms with Crippen molar-refractivity contribution >= 4 is 10.0 Å². The number of aryl methyl sites for hydroxylation is 1. The zero-order chi connectivity index (χ0) is 18.7. The van der Waals surface area contributed by atoms with Crippen LogP contribution in [0.5, 0.6) is 0 Å². The summed E-state index contributed by atoms with van der Waals surface area (Å²) >= 11 is 0. The maximum atomic E-state index is 13.2. The second kappa shape index (κ2) is 7.30. The number of sulfonamides is 1. The van der Waals surface area contributed by atoms with Gasteiger partial charge in [0.1, 0.15) is 5.82 Å². The average molecular weight is 378 g/mol. The lowest BCUT2D eigenvalue weighted by Crippen LogP contribution is -2.26. The van der Waals surface area contributed by atoms with E-state index in [4.69, 9.17) is 0 Å². The van der Waals surface area contributed by atoms with Crippen molar-refractivity contribution in [3.8, 4) is 11.4 Å². The first-order chi connectivity index (χ1) is 12.3.